The molecule has 2 aromatic rings. The molecule has 3 rings (SSSR count). The standard InChI is InChI=1S/C26H33Cl2N3O5S/c1-4-36-21-14-12-20(13-15-21)31(37(3,34)35)17-25(32)30(16-22-23(27)10-7-11-24(22)28)18(2)26(33)29-19-8-5-6-9-19/h7,10-15,18-19H,4-6,8-9,16-17H2,1-3H3,(H,29,33)/t18-/m1/s1. The van der Waals surface area contributed by atoms with Gasteiger partial charge in [0.2, 0.25) is 21.8 Å². The zero-order valence-electron chi connectivity index (χ0n) is 21.2. The largest absolute Gasteiger partial charge is 0.494 e. The van der Waals surface area contributed by atoms with Crippen LogP contribution < -0.4 is 14.4 Å². The van der Waals surface area contributed by atoms with E-state index in [1.165, 1.54) is 4.90 Å². The molecule has 1 aliphatic rings. The first kappa shape index (κ1) is 29.1. The summed E-state index contributed by atoms with van der Waals surface area (Å²) < 4.78 is 31.8. The van der Waals surface area contributed by atoms with Gasteiger partial charge >= 0.3 is 0 Å². The van der Waals surface area contributed by atoms with Gasteiger partial charge in [0, 0.05) is 28.2 Å². The first-order valence-electron chi connectivity index (χ1n) is 12.2. The number of sulfonamides is 1. The minimum atomic E-state index is -3.83. The van der Waals surface area contributed by atoms with Gasteiger partial charge in [-0.2, -0.15) is 0 Å². The molecule has 1 N–H and O–H groups in total. The molecule has 0 unspecified atom stereocenters. The summed E-state index contributed by atoms with van der Waals surface area (Å²) in [6, 6.07) is 10.6. The van der Waals surface area contributed by atoms with E-state index in [-0.39, 0.29) is 18.5 Å². The molecule has 0 radical (unpaired) electrons. The van der Waals surface area contributed by atoms with Crippen LogP contribution in [0.25, 0.3) is 0 Å². The molecule has 2 aromatic carbocycles. The van der Waals surface area contributed by atoms with Gasteiger partial charge in [-0.05, 0) is 63.1 Å². The molecule has 8 nitrogen and oxygen atoms in total. The Kier molecular flexibility index (Phi) is 10.1. The Hall–Kier alpha value is -2.49. The Labute approximate surface area is 228 Å². The highest BCUT2D eigenvalue weighted by molar-refractivity contribution is 7.92. The zero-order chi connectivity index (χ0) is 27.2. The molecule has 37 heavy (non-hydrogen) atoms. The van der Waals surface area contributed by atoms with Crippen LogP contribution in [0.5, 0.6) is 5.75 Å². The molecule has 202 valence electrons. The van der Waals surface area contributed by atoms with Gasteiger partial charge in [0.25, 0.3) is 0 Å². The van der Waals surface area contributed by atoms with Crippen LogP contribution in [0.4, 0.5) is 5.69 Å². The van der Waals surface area contributed by atoms with Crippen LogP contribution in [0.1, 0.15) is 45.1 Å². The number of benzene rings is 2. The van der Waals surface area contributed by atoms with E-state index in [1.807, 2.05) is 6.92 Å². The minimum Gasteiger partial charge on any atom is -0.494 e. The van der Waals surface area contributed by atoms with Crippen LogP contribution in [0.3, 0.4) is 0 Å². The lowest BCUT2D eigenvalue weighted by atomic mass is 10.1. The van der Waals surface area contributed by atoms with Crippen molar-refractivity contribution in [1.82, 2.24) is 10.2 Å². The summed E-state index contributed by atoms with van der Waals surface area (Å²) in [4.78, 5) is 28.1. The van der Waals surface area contributed by atoms with Crippen LogP contribution >= 0.6 is 23.2 Å². The summed E-state index contributed by atoms with van der Waals surface area (Å²) in [7, 11) is -3.83. The zero-order valence-corrected chi connectivity index (χ0v) is 23.6. The van der Waals surface area contributed by atoms with Gasteiger partial charge in [-0.25, -0.2) is 8.42 Å². The second kappa shape index (κ2) is 12.8. The van der Waals surface area contributed by atoms with E-state index in [9.17, 15) is 18.0 Å². The molecular weight excluding hydrogens is 537 g/mol. The molecule has 1 atom stereocenters. The van der Waals surface area contributed by atoms with E-state index in [0.29, 0.717) is 33.7 Å². The van der Waals surface area contributed by atoms with Crippen LogP contribution in [-0.2, 0) is 26.2 Å². The molecule has 1 fully saturated rings. The summed E-state index contributed by atoms with van der Waals surface area (Å²) in [5.74, 6) is -0.294. The molecule has 0 aliphatic heterocycles. The monoisotopic (exact) mass is 569 g/mol. The second-order valence-electron chi connectivity index (χ2n) is 9.08. The number of amides is 2. The highest BCUT2D eigenvalue weighted by atomic mass is 35.5. The van der Waals surface area contributed by atoms with Crippen LogP contribution in [-0.4, -0.2) is 56.6 Å². The van der Waals surface area contributed by atoms with Gasteiger partial charge < -0.3 is 15.0 Å². The predicted molar refractivity (Wildman–Crippen MR) is 147 cm³/mol. The van der Waals surface area contributed by atoms with E-state index in [4.69, 9.17) is 27.9 Å². The van der Waals surface area contributed by atoms with Gasteiger partial charge in [-0.1, -0.05) is 42.1 Å². The average Bonchev–Trinajstić information content (AvgIpc) is 3.35. The van der Waals surface area contributed by atoms with Gasteiger partial charge in [0.1, 0.15) is 18.3 Å². The number of hydrogen-bond acceptors (Lipinski definition) is 5. The van der Waals surface area contributed by atoms with Crippen molar-refractivity contribution < 1.29 is 22.7 Å². The second-order valence-corrected chi connectivity index (χ2v) is 11.8. The average molecular weight is 571 g/mol. The maximum atomic E-state index is 13.7. The number of nitrogens with zero attached hydrogens (tertiary/aromatic N) is 2. The van der Waals surface area contributed by atoms with E-state index in [0.717, 1.165) is 36.2 Å². The Morgan fingerprint density at radius 2 is 1.68 bits per heavy atom. The van der Waals surface area contributed by atoms with Crippen molar-refractivity contribution in [2.75, 3.05) is 23.7 Å². The third kappa shape index (κ3) is 7.75. The number of halogens is 2. The summed E-state index contributed by atoms with van der Waals surface area (Å²) in [6.45, 7) is 3.37. The summed E-state index contributed by atoms with van der Waals surface area (Å²) >= 11 is 12.7. The number of anilines is 1. The minimum absolute atomic E-state index is 0.0581. The molecule has 0 bridgehead atoms. The van der Waals surface area contributed by atoms with Crippen molar-refractivity contribution in [3.63, 3.8) is 0 Å². The SMILES string of the molecule is CCOc1ccc(N(CC(=O)N(Cc2c(Cl)cccc2Cl)[C@H](C)C(=O)NC2CCCC2)S(C)(=O)=O)cc1. The van der Waals surface area contributed by atoms with Crippen molar-refractivity contribution >= 4 is 50.7 Å². The molecule has 1 saturated carbocycles. The van der Waals surface area contributed by atoms with E-state index in [2.05, 4.69) is 5.32 Å². The Balaban J connectivity index is 1.90. The Morgan fingerprint density at radius 1 is 1.08 bits per heavy atom. The summed E-state index contributed by atoms with van der Waals surface area (Å²) in [6.07, 6.45) is 4.90. The van der Waals surface area contributed by atoms with E-state index < -0.39 is 28.5 Å². The molecule has 2 amide bonds. The lowest BCUT2D eigenvalue weighted by Gasteiger charge is -2.32. The fourth-order valence-corrected chi connectivity index (χ4v) is 5.68. The molecule has 0 spiro atoms. The third-order valence-electron chi connectivity index (χ3n) is 6.37. The maximum Gasteiger partial charge on any atom is 0.244 e. The fourth-order valence-electron chi connectivity index (χ4n) is 4.32. The van der Waals surface area contributed by atoms with Crippen LogP contribution in [0.2, 0.25) is 10.0 Å². The number of carbonyl (C=O) groups excluding carboxylic acids is 2. The fraction of sp³-hybridized carbons (Fsp3) is 0.462. The number of ether oxygens (including phenoxy) is 1. The highest BCUT2D eigenvalue weighted by Crippen LogP contribution is 2.28. The summed E-state index contributed by atoms with van der Waals surface area (Å²) in [5.41, 5.74) is 0.782. The van der Waals surface area contributed by atoms with Crippen molar-refractivity contribution in [3.05, 3.63) is 58.1 Å². The Bertz CT molecular complexity index is 1180. The van der Waals surface area contributed by atoms with Gasteiger partial charge in [0.15, 0.2) is 0 Å². The number of nitrogens with one attached hydrogen (secondary N) is 1. The highest BCUT2D eigenvalue weighted by Gasteiger charge is 2.32. The van der Waals surface area contributed by atoms with Crippen molar-refractivity contribution in [1.29, 1.82) is 0 Å². The number of rotatable bonds is 11. The normalized spacial score (nSPS) is 14.7. The lowest BCUT2D eigenvalue weighted by Crippen LogP contribution is -2.52. The van der Waals surface area contributed by atoms with Crippen molar-refractivity contribution in [2.45, 2.75) is 58.2 Å². The van der Waals surface area contributed by atoms with Gasteiger partial charge in [-0.15, -0.1) is 0 Å². The first-order chi connectivity index (χ1) is 17.5. The maximum absolute atomic E-state index is 13.7. The van der Waals surface area contributed by atoms with Crippen LogP contribution in [0, 0.1) is 0 Å². The molecule has 11 heteroatoms. The molecule has 0 heterocycles. The first-order valence-corrected chi connectivity index (χ1v) is 14.8. The lowest BCUT2D eigenvalue weighted by molar-refractivity contribution is -0.139. The summed E-state index contributed by atoms with van der Waals surface area (Å²) in [5, 5.41) is 3.71. The predicted octanol–water partition coefficient (Wildman–Crippen LogP) is 4.63. The van der Waals surface area contributed by atoms with Crippen molar-refractivity contribution in [2.24, 2.45) is 0 Å². The molecular formula is C26H33Cl2N3O5S. The quantitative estimate of drug-likeness (QED) is 0.425. The molecule has 0 aromatic heterocycles. The van der Waals surface area contributed by atoms with Gasteiger partial charge in [-0.3, -0.25) is 13.9 Å². The van der Waals surface area contributed by atoms with E-state index >= 15 is 0 Å². The number of carbonyl (C=O) groups is 2. The molecule has 1 aliphatic carbocycles. The Morgan fingerprint density at radius 3 is 2.22 bits per heavy atom. The smallest absolute Gasteiger partial charge is 0.244 e. The number of hydrogen-bond donors (Lipinski definition) is 1. The molecule has 0 saturated heterocycles. The van der Waals surface area contributed by atoms with E-state index in [1.54, 1.807) is 49.4 Å². The van der Waals surface area contributed by atoms with Crippen molar-refractivity contribution in [3.8, 4) is 5.75 Å². The topological polar surface area (TPSA) is 96.0 Å². The van der Waals surface area contributed by atoms with Gasteiger partial charge in [0.05, 0.1) is 18.6 Å². The third-order valence-corrected chi connectivity index (χ3v) is 8.22. The van der Waals surface area contributed by atoms with Crippen LogP contribution in [0.15, 0.2) is 42.5 Å².